The van der Waals surface area contributed by atoms with E-state index in [0.29, 0.717) is 11.1 Å². The zero-order valence-corrected chi connectivity index (χ0v) is 20.6. The van der Waals surface area contributed by atoms with Crippen molar-refractivity contribution in [2.24, 2.45) is 0 Å². The molecule has 0 spiro atoms. The van der Waals surface area contributed by atoms with Crippen LogP contribution < -0.4 is 0 Å². The zero-order valence-electron chi connectivity index (χ0n) is 16.4. The Morgan fingerprint density at radius 1 is 0.704 bits per heavy atom. The van der Waals surface area contributed by atoms with Gasteiger partial charge in [0.25, 0.3) is 0 Å². The van der Waals surface area contributed by atoms with Crippen molar-refractivity contribution in [1.82, 2.24) is 0 Å². The minimum atomic E-state index is -1.77. The van der Waals surface area contributed by atoms with Gasteiger partial charge in [-0.3, -0.25) is 0 Å². The molecule has 0 aromatic heterocycles. The maximum absolute atomic E-state index is 3.94. The van der Waals surface area contributed by atoms with Crippen LogP contribution in [0.5, 0.6) is 0 Å². The average Bonchev–Trinajstić information content (AvgIpc) is 3.11. The molecule has 2 aliphatic rings. The fourth-order valence-corrected chi connectivity index (χ4v) is 13.6. The number of halogens is 2. The molecule has 2 atom stereocenters. The molecule has 0 bridgehead atoms. The Hall–Kier alpha value is -0.903. The number of hydrogen-bond donors (Lipinski definition) is 0. The lowest BCUT2D eigenvalue weighted by Crippen LogP contribution is -2.47. The van der Waals surface area contributed by atoms with Crippen molar-refractivity contribution in [2.45, 2.75) is 50.9 Å². The van der Waals surface area contributed by atoms with Crippen LogP contribution in [-0.2, 0) is 0 Å². The summed E-state index contributed by atoms with van der Waals surface area (Å²) in [4.78, 5) is 0. The topological polar surface area (TPSA) is 0 Å². The molecular weight excluding hydrogens is 476 g/mol. The van der Waals surface area contributed by atoms with Crippen LogP contribution in [0.1, 0.15) is 61.0 Å². The molecule has 2 aromatic rings. The van der Waals surface area contributed by atoms with Gasteiger partial charge in [0.2, 0.25) is 0 Å². The standard InChI is InChI=1S/C24H26Br2Si/c1-5-27(6-2,23-15(3)21(25)17-11-7-9-13-19(17)23)24-16(4)22(26)18-12-8-10-14-20(18)24/h7-14,23-24H,5-6H2,1-4H3. The molecule has 4 rings (SSSR count). The summed E-state index contributed by atoms with van der Waals surface area (Å²) in [6.07, 6.45) is 0. The van der Waals surface area contributed by atoms with Gasteiger partial charge >= 0.3 is 0 Å². The molecule has 0 aliphatic heterocycles. The first-order valence-corrected chi connectivity index (χ1v) is 14.0. The minimum absolute atomic E-state index is 0.574. The third kappa shape index (κ3) is 2.65. The molecule has 0 nitrogen and oxygen atoms in total. The molecule has 27 heavy (non-hydrogen) atoms. The first-order valence-electron chi connectivity index (χ1n) is 9.89. The lowest BCUT2D eigenvalue weighted by molar-refractivity contribution is 0.914. The van der Waals surface area contributed by atoms with Crippen LogP contribution in [0.15, 0.2) is 59.7 Å². The van der Waals surface area contributed by atoms with Crippen LogP contribution in [-0.4, -0.2) is 8.07 Å². The Morgan fingerprint density at radius 3 is 1.44 bits per heavy atom. The smallest absolute Gasteiger partial charge is 0.0677 e. The fourth-order valence-electron chi connectivity index (χ4n) is 5.76. The molecular formula is C24H26Br2Si. The second kappa shape index (κ2) is 7.17. The lowest BCUT2D eigenvalue weighted by atomic mass is 10.1. The molecule has 0 saturated heterocycles. The average molecular weight is 502 g/mol. The van der Waals surface area contributed by atoms with Crippen molar-refractivity contribution in [3.8, 4) is 0 Å². The first kappa shape index (κ1) is 19.4. The highest BCUT2D eigenvalue weighted by atomic mass is 79.9. The normalized spacial score (nSPS) is 21.7. The highest BCUT2D eigenvalue weighted by Crippen LogP contribution is 2.59. The third-order valence-electron chi connectivity index (χ3n) is 7.04. The van der Waals surface area contributed by atoms with Gasteiger partial charge in [0.1, 0.15) is 0 Å². The third-order valence-corrected chi connectivity index (χ3v) is 15.6. The van der Waals surface area contributed by atoms with Crippen molar-refractivity contribution in [3.05, 3.63) is 81.9 Å². The molecule has 140 valence electrons. The number of benzene rings is 2. The van der Waals surface area contributed by atoms with Crippen LogP contribution in [0.25, 0.3) is 8.96 Å². The Morgan fingerprint density at radius 2 is 1.07 bits per heavy atom. The van der Waals surface area contributed by atoms with Gasteiger partial charge in [0.15, 0.2) is 0 Å². The van der Waals surface area contributed by atoms with E-state index in [4.69, 9.17) is 0 Å². The molecule has 0 N–H and O–H groups in total. The minimum Gasteiger partial charge on any atom is -0.0677 e. The summed E-state index contributed by atoms with van der Waals surface area (Å²) in [6.45, 7) is 9.60. The van der Waals surface area contributed by atoms with E-state index >= 15 is 0 Å². The summed E-state index contributed by atoms with van der Waals surface area (Å²) in [5.41, 5.74) is 10.1. The summed E-state index contributed by atoms with van der Waals surface area (Å²) in [5, 5.41) is 0. The summed E-state index contributed by atoms with van der Waals surface area (Å²) >= 11 is 7.88. The molecule has 0 heterocycles. The van der Waals surface area contributed by atoms with Gasteiger partial charge in [-0.05, 0) is 36.1 Å². The molecule has 2 aromatic carbocycles. The Labute approximate surface area is 181 Å². The molecule has 0 saturated carbocycles. The maximum Gasteiger partial charge on any atom is 0.0777 e. The van der Waals surface area contributed by atoms with Crippen LogP contribution in [0.3, 0.4) is 0 Å². The van der Waals surface area contributed by atoms with E-state index in [-0.39, 0.29) is 0 Å². The quantitative estimate of drug-likeness (QED) is 0.369. The number of fused-ring (bicyclic) bond motifs is 2. The van der Waals surface area contributed by atoms with Gasteiger partial charge in [-0.25, -0.2) is 0 Å². The van der Waals surface area contributed by atoms with Crippen LogP contribution in [0.2, 0.25) is 12.1 Å². The molecule has 3 heteroatoms. The maximum atomic E-state index is 3.94. The monoisotopic (exact) mass is 500 g/mol. The van der Waals surface area contributed by atoms with E-state index in [2.05, 4.69) is 108 Å². The van der Waals surface area contributed by atoms with Crippen molar-refractivity contribution in [2.75, 3.05) is 0 Å². The van der Waals surface area contributed by atoms with Crippen molar-refractivity contribution < 1.29 is 0 Å². The second-order valence-electron chi connectivity index (χ2n) is 7.97. The second-order valence-corrected chi connectivity index (χ2v) is 14.6. The van der Waals surface area contributed by atoms with Crippen LogP contribution in [0, 0.1) is 0 Å². The summed E-state index contributed by atoms with van der Waals surface area (Å²) in [5.74, 6) is 0. The largest absolute Gasteiger partial charge is 0.0777 e. The Balaban J connectivity index is 1.97. The van der Waals surface area contributed by atoms with Gasteiger partial charge < -0.3 is 0 Å². The summed E-state index contributed by atoms with van der Waals surface area (Å²) in [7, 11) is -1.77. The van der Waals surface area contributed by atoms with E-state index in [9.17, 15) is 0 Å². The number of hydrogen-bond acceptors (Lipinski definition) is 0. The number of rotatable bonds is 4. The number of allylic oxidation sites excluding steroid dienone is 2. The SMILES string of the molecule is CC[Si](CC)(C1C(C)=C(Br)c2ccccc21)C1C(C)=C(Br)c2ccccc21. The van der Waals surface area contributed by atoms with Crippen LogP contribution >= 0.6 is 31.9 Å². The summed E-state index contributed by atoms with van der Waals surface area (Å²) < 4.78 is 2.66. The predicted molar refractivity (Wildman–Crippen MR) is 128 cm³/mol. The van der Waals surface area contributed by atoms with Gasteiger partial charge in [0.05, 0.1) is 8.07 Å². The van der Waals surface area contributed by atoms with E-state index in [1.54, 1.807) is 22.3 Å². The Bertz CT molecular complexity index is 890. The summed E-state index contributed by atoms with van der Waals surface area (Å²) in [6, 6.07) is 20.7. The molecule has 0 radical (unpaired) electrons. The fraction of sp³-hybridized carbons (Fsp3) is 0.333. The van der Waals surface area contributed by atoms with E-state index in [0.717, 1.165) is 0 Å². The Kier molecular flexibility index (Phi) is 5.15. The highest BCUT2D eigenvalue weighted by molar-refractivity contribution is 9.15. The predicted octanol–water partition coefficient (Wildman–Crippen LogP) is 8.40. The van der Waals surface area contributed by atoms with Crippen molar-refractivity contribution in [1.29, 1.82) is 0 Å². The van der Waals surface area contributed by atoms with E-state index in [1.807, 2.05) is 0 Å². The molecule has 0 amide bonds. The highest BCUT2D eigenvalue weighted by Gasteiger charge is 2.52. The van der Waals surface area contributed by atoms with Crippen molar-refractivity contribution >= 4 is 48.9 Å². The lowest BCUT2D eigenvalue weighted by Gasteiger charge is -2.43. The van der Waals surface area contributed by atoms with Crippen molar-refractivity contribution in [3.63, 3.8) is 0 Å². The van der Waals surface area contributed by atoms with Gasteiger partial charge in [-0.15, -0.1) is 0 Å². The van der Waals surface area contributed by atoms with E-state index in [1.165, 1.54) is 32.2 Å². The molecule has 2 unspecified atom stereocenters. The van der Waals surface area contributed by atoms with E-state index < -0.39 is 8.07 Å². The zero-order chi connectivity index (χ0) is 19.3. The molecule has 0 fully saturated rings. The van der Waals surface area contributed by atoms with Gasteiger partial charge in [-0.2, -0.15) is 0 Å². The van der Waals surface area contributed by atoms with Crippen LogP contribution in [0.4, 0.5) is 0 Å². The van der Waals surface area contributed by atoms with Gasteiger partial charge in [0, 0.05) is 20.0 Å². The van der Waals surface area contributed by atoms with Gasteiger partial charge in [-0.1, -0.05) is 117 Å². The first-order chi connectivity index (χ1) is 13.0. The molecule has 2 aliphatic carbocycles.